The predicted molar refractivity (Wildman–Crippen MR) is 110 cm³/mol. The summed E-state index contributed by atoms with van der Waals surface area (Å²) in [6.07, 6.45) is 3.57. The number of carbonyl (C=O) groups is 2. The van der Waals surface area contributed by atoms with Gasteiger partial charge in [0.25, 0.3) is 5.91 Å². The van der Waals surface area contributed by atoms with Crippen LogP contribution in [0.2, 0.25) is 5.15 Å². The lowest BCUT2D eigenvalue weighted by atomic mass is 10.2. The van der Waals surface area contributed by atoms with Gasteiger partial charge in [-0.3, -0.25) is 9.20 Å². The minimum absolute atomic E-state index is 0.269. The van der Waals surface area contributed by atoms with Gasteiger partial charge < -0.3 is 14.8 Å². The van der Waals surface area contributed by atoms with Crippen molar-refractivity contribution in [1.29, 1.82) is 0 Å². The zero-order valence-electron chi connectivity index (χ0n) is 16.0. The molecule has 1 atom stereocenters. The number of aromatic nitrogens is 2. The lowest BCUT2D eigenvalue weighted by Crippen LogP contribution is -2.35. The van der Waals surface area contributed by atoms with Crippen molar-refractivity contribution < 1.29 is 19.1 Å². The highest BCUT2D eigenvalue weighted by molar-refractivity contribution is 6.31. The molecule has 0 aliphatic heterocycles. The molecule has 8 heteroatoms. The molecule has 0 unspecified atom stereocenters. The van der Waals surface area contributed by atoms with Crippen LogP contribution in [0.3, 0.4) is 0 Å². The number of halogens is 1. The Morgan fingerprint density at radius 2 is 2.00 bits per heavy atom. The Morgan fingerprint density at radius 1 is 1.24 bits per heavy atom. The van der Waals surface area contributed by atoms with Gasteiger partial charge in [-0.15, -0.1) is 0 Å². The Bertz CT molecular complexity index is 1040. The number of hydrogen-bond acceptors (Lipinski definition) is 5. The van der Waals surface area contributed by atoms with Gasteiger partial charge in [-0.1, -0.05) is 29.8 Å². The van der Waals surface area contributed by atoms with Crippen molar-refractivity contribution in [3.63, 3.8) is 0 Å². The fraction of sp³-hybridized carbons (Fsp3) is 0.190. The van der Waals surface area contributed by atoms with Crippen LogP contribution in [0.15, 0.2) is 54.7 Å². The monoisotopic (exact) mass is 413 g/mol. The quantitative estimate of drug-likeness (QED) is 0.475. The van der Waals surface area contributed by atoms with Crippen LogP contribution in [0.1, 0.15) is 18.2 Å². The van der Waals surface area contributed by atoms with E-state index in [0.717, 1.165) is 11.3 Å². The Balaban J connectivity index is 1.54. The molecule has 150 valence electrons. The molecule has 2 aromatic heterocycles. The number of carbonyl (C=O) groups excluding carboxylic acids is 2. The third kappa shape index (κ3) is 5.14. The van der Waals surface area contributed by atoms with E-state index >= 15 is 0 Å². The Kier molecular flexibility index (Phi) is 6.51. The summed E-state index contributed by atoms with van der Waals surface area (Å²) in [6.45, 7) is 1.83. The molecule has 3 rings (SSSR count). The number of amides is 1. The van der Waals surface area contributed by atoms with Crippen molar-refractivity contribution in [2.75, 3.05) is 7.11 Å². The van der Waals surface area contributed by atoms with E-state index in [1.807, 2.05) is 24.3 Å². The molecular formula is C21H20ClN3O4. The maximum atomic E-state index is 12.2. The number of imidazole rings is 1. The van der Waals surface area contributed by atoms with Crippen LogP contribution in [0.4, 0.5) is 0 Å². The SMILES string of the molecule is COc1ccc(CNC(=O)[C@@H](C)OC(=O)/C=C/c2c(Cl)nc3ccccn23)cc1. The molecule has 0 aliphatic rings. The summed E-state index contributed by atoms with van der Waals surface area (Å²) in [5.41, 5.74) is 2.12. The van der Waals surface area contributed by atoms with Crippen molar-refractivity contribution in [3.05, 3.63) is 71.1 Å². The maximum Gasteiger partial charge on any atom is 0.331 e. The van der Waals surface area contributed by atoms with Crippen LogP contribution in [0.5, 0.6) is 5.75 Å². The van der Waals surface area contributed by atoms with E-state index < -0.39 is 18.0 Å². The lowest BCUT2D eigenvalue weighted by molar-refractivity contribution is -0.150. The van der Waals surface area contributed by atoms with Crippen molar-refractivity contribution >= 4 is 35.2 Å². The average molecular weight is 414 g/mol. The molecule has 0 radical (unpaired) electrons. The van der Waals surface area contributed by atoms with Crippen molar-refractivity contribution in [2.24, 2.45) is 0 Å². The molecule has 1 N–H and O–H groups in total. The van der Waals surface area contributed by atoms with E-state index in [4.69, 9.17) is 21.1 Å². The zero-order valence-corrected chi connectivity index (χ0v) is 16.7. The smallest absolute Gasteiger partial charge is 0.331 e. The zero-order chi connectivity index (χ0) is 20.8. The second-order valence-electron chi connectivity index (χ2n) is 6.20. The number of esters is 1. The Hall–Kier alpha value is -3.32. The summed E-state index contributed by atoms with van der Waals surface area (Å²) < 4.78 is 12.0. The van der Waals surface area contributed by atoms with Crippen LogP contribution in [0.25, 0.3) is 11.7 Å². The van der Waals surface area contributed by atoms with E-state index in [2.05, 4.69) is 10.3 Å². The number of rotatable bonds is 7. The fourth-order valence-electron chi connectivity index (χ4n) is 2.63. The molecule has 0 fully saturated rings. The van der Waals surface area contributed by atoms with Crippen molar-refractivity contribution in [1.82, 2.24) is 14.7 Å². The highest BCUT2D eigenvalue weighted by Crippen LogP contribution is 2.19. The topological polar surface area (TPSA) is 81.9 Å². The Morgan fingerprint density at radius 3 is 2.72 bits per heavy atom. The van der Waals surface area contributed by atoms with Gasteiger partial charge in [-0.25, -0.2) is 9.78 Å². The van der Waals surface area contributed by atoms with Crippen LogP contribution in [0, 0.1) is 0 Å². The van der Waals surface area contributed by atoms with Crippen LogP contribution in [-0.4, -0.2) is 34.5 Å². The molecule has 3 aromatic rings. The molecule has 0 spiro atoms. The fourth-order valence-corrected chi connectivity index (χ4v) is 2.87. The van der Waals surface area contributed by atoms with Crippen LogP contribution >= 0.6 is 11.6 Å². The second kappa shape index (κ2) is 9.25. The molecule has 0 aliphatic carbocycles. The van der Waals surface area contributed by atoms with Gasteiger partial charge in [0.15, 0.2) is 11.3 Å². The van der Waals surface area contributed by atoms with Gasteiger partial charge in [-0.2, -0.15) is 0 Å². The molecule has 0 saturated carbocycles. The third-order valence-electron chi connectivity index (χ3n) is 4.19. The van der Waals surface area contributed by atoms with Gasteiger partial charge >= 0.3 is 5.97 Å². The van der Waals surface area contributed by atoms with Gasteiger partial charge in [0, 0.05) is 18.8 Å². The summed E-state index contributed by atoms with van der Waals surface area (Å²) in [6, 6.07) is 12.8. The van der Waals surface area contributed by atoms with Crippen molar-refractivity contribution in [3.8, 4) is 5.75 Å². The average Bonchev–Trinajstić information content (AvgIpc) is 3.05. The normalized spacial score (nSPS) is 12.1. The minimum Gasteiger partial charge on any atom is -0.497 e. The predicted octanol–water partition coefficient (Wildman–Crippen LogP) is 3.26. The standard InChI is InChI=1S/C21H20ClN3O4/c1-14(21(27)23-13-15-6-8-16(28-2)9-7-15)29-19(26)11-10-17-20(22)24-18-5-3-4-12-25(17)18/h3-12,14H,13H2,1-2H3,(H,23,27)/b11-10+/t14-/m1/s1. The van der Waals surface area contributed by atoms with Crippen LogP contribution in [-0.2, 0) is 20.9 Å². The van der Waals surface area contributed by atoms with E-state index in [1.165, 1.54) is 19.1 Å². The number of nitrogens with zero attached hydrogens (tertiary/aromatic N) is 2. The first-order valence-electron chi connectivity index (χ1n) is 8.90. The minimum atomic E-state index is -0.942. The third-order valence-corrected chi connectivity index (χ3v) is 4.47. The highest BCUT2D eigenvalue weighted by Gasteiger charge is 2.16. The summed E-state index contributed by atoms with van der Waals surface area (Å²) in [7, 11) is 1.59. The molecular weight excluding hydrogens is 394 g/mol. The molecule has 0 bridgehead atoms. The lowest BCUT2D eigenvalue weighted by Gasteiger charge is -2.12. The van der Waals surface area contributed by atoms with Gasteiger partial charge in [0.1, 0.15) is 11.4 Å². The molecule has 7 nitrogen and oxygen atoms in total. The molecule has 1 amide bonds. The van der Waals surface area contributed by atoms with Gasteiger partial charge in [-0.05, 0) is 42.8 Å². The van der Waals surface area contributed by atoms with E-state index in [0.29, 0.717) is 17.9 Å². The first-order chi connectivity index (χ1) is 14.0. The number of nitrogens with one attached hydrogen (secondary N) is 1. The summed E-state index contributed by atoms with van der Waals surface area (Å²) >= 11 is 6.12. The summed E-state index contributed by atoms with van der Waals surface area (Å²) in [5.74, 6) is -0.310. The molecule has 1 aromatic carbocycles. The number of ether oxygens (including phenoxy) is 2. The Labute approximate surface area is 172 Å². The van der Waals surface area contributed by atoms with Gasteiger partial charge in [0.2, 0.25) is 0 Å². The first-order valence-corrected chi connectivity index (χ1v) is 9.27. The summed E-state index contributed by atoms with van der Waals surface area (Å²) in [4.78, 5) is 28.4. The van der Waals surface area contributed by atoms with Gasteiger partial charge in [0.05, 0.1) is 12.8 Å². The molecule has 29 heavy (non-hydrogen) atoms. The maximum absolute atomic E-state index is 12.2. The number of pyridine rings is 1. The number of methoxy groups -OCH3 is 1. The largest absolute Gasteiger partial charge is 0.497 e. The van der Waals surface area contributed by atoms with E-state index in [1.54, 1.807) is 35.9 Å². The van der Waals surface area contributed by atoms with Crippen LogP contribution < -0.4 is 10.1 Å². The van der Waals surface area contributed by atoms with Crippen molar-refractivity contribution in [2.45, 2.75) is 19.6 Å². The second-order valence-corrected chi connectivity index (χ2v) is 6.55. The van der Waals surface area contributed by atoms with E-state index in [-0.39, 0.29) is 5.15 Å². The van der Waals surface area contributed by atoms with E-state index in [9.17, 15) is 9.59 Å². The summed E-state index contributed by atoms with van der Waals surface area (Å²) in [5, 5.41) is 3.00. The number of benzene rings is 1. The first kappa shape index (κ1) is 20.4. The molecule has 0 saturated heterocycles. The number of fused-ring (bicyclic) bond motifs is 1. The molecule has 2 heterocycles. The highest BCUT2D eigenvalue weighted by atomic mass is 35.5. The number of hydrogen-bond donors (Lipinski definition) is 1.